The van der Waals surface area contributed by atoms with E-state index in [0.29, 0.717) is 0 Å². The van der Waals surface area contributed by atoms with Crippen LogP contribution in [0.3, 0.4) is 0 Å². The molecule has 42 heavy (non-hydrogen) atoms. The van der Waals surface area contributed by atoms with Gasteiger partial charge in [0.1, 0.15) is 24.2 Å². The first-order valence-electron chi connectivity index (χ1n) is 14.7. The van der Waals surface area contributed by atoms with Gasteiger partial charge in [-0.1, -0.05) is 63.4 Å². The van der Waals surface area contributed by atoms with Crippen molar-refractivity contribution in [3.63, 3.8) is 0 Å². The number of nitrogens with one attached hydrogen (secondary N) is 3. The molecule has 11 nitrogen and oxygen atoms in total. The zero-order valence-electron chi connectivity index (χ0n) is 24.6. The molecule has 0 unspecified atom stereocenters. The molecule has 1 saturated carbocycles. The van der Waals surface area contributed by atoms with Gasteiger partial charge in [0.05, 0.1) is 12.7 Å². The van der Waals surface area contributed by atoms with Crippen molar-refractivity contribution in [2.45, 2.75) is 96.2 Å². The summed E-state index contributed by atoms with van der Waals surface area (Å²) >= 11 is 4.03. The van der Waals surface area contributed by atoms with Gasteiger partial charge in [0.15, 0.2) is 0 Å². The molecule has 232 valence electrons. The van der Waals surface area contributed by atoms with E-state index < -0.39 is 54.0 Å². The Hall–Kier alpha value is -3.12. The minimum atomic E-state index is -1.23. The molecule has 5 atom stereocenters. The fraction of sp³-hybridized carbons (Fsp3) is 0.633. The van der Waals surface area contributed by atoms with Gasteiger partial charge in [-0.25, -0.2) is 4.79 Å². The zero-order valence-corrected chi connectivity index (χ0v) is 25.5. The highest BCUT2D eigenvalue weighted by Gasteiger charge is 2.44. The smallest absolute Gasteiger partial charge is 0.327 e. The molecule has 1 aromatic rings. The van der Waals surface area contributed by atoms with Crippen molar-refractivity contribution in [3.8, 4) is 0 Å². The van der Waals surface area contributed by atoms with Crippen LogP contribution in [0.15, 0.2) is 30.3 Å². The average molecular weight is 605 g/mol. The number of rotatable bonds is 13. The van der Waals surface area contributed by atoms with Crippen LogP contribution < -0.4 is 16.0 Å². The van der Waals surface area contributed by atoms with Crippen LogP contribution in [-0.4, -0.2) is 82.2 Å². The maximum atomic E-state index is 14.0. The number of likely N-dealkylation sites (tertiary alicyclic amines) is 1. The molecular weight excluding hydrogens is 560 g/mol. The molecule has 4 amide bonds. The molecule has 2 aliphatic rings. The van der Waals surface area contributed by atoms with Crippen molar-refractivity contribution < 1.29 is 33.8 Å². The summed E-state index contributed by atoms with van der Waals surface area (Å²) in [5.41, 5.74) is 0.934. The van der Waals surface area contributed by atoms with Gasteiger partial charge in [0, 0.05) is 25.6 Å². The maximum absolute atomic E-state index is 14.0. The van der Waals surface area contributed by atoms with Crippen LogP contribution in [0.1, 0.15) is 64.9 Å². The number of nitrogens with zero attached hydrogens (tertiary/aromatic N) is 1. The van der Waals surface area contributed by atoms with Crippen molar-refractivity contribution in [1.29, 1.82) is 0 Å². The maximum Gasteiger partial charge on any atom is 0.327 e. The van der Waals surface area contributed by atoms with Crippen LogP contribution in [0.25, 0.3) is 0 Å². The molecule has 0 aromatic heterocycles. The molecule has 1 aliphatic heterocycles. The van der Waals surface area contributed by atoms with Gasteiger partial charge in [0.2, 0.25) is 23.6 Å². The third-order valence-electron chi connectivity index (χ3n) is 7.97. The summed E-state index contributed by atoms with van der Waals surface area (Å²) in [4.78, 5) is 65.8. The number of aliphatic carboxylic acids is 1. The van der Waals surface area contributed by atoms with Crippen LogP contribution in [0.2, 0.25) is 0 Å². The standard InChI is InChI=1S/C30H44N4O7S/c1-18(2)25(33-28(37)26(31-19(3)35)21-12-8-5-9-13-21)29(38)34-15-22(41-16-20-10-6-4-7-11-20)14-24(34)27(36)32-23(17-42)30(39)40/h4,6-7,10-11,18,21-26,42H,5,8-9,12-17H2,1-3H3,(H,31,35)(H,32,36)(H,33,37)(H,39,40)/t22-,23+,24+,25+,26+/m1/s1. The topological polar surface area (TPSA) is 154 Å². The van der Waals surface area contributed by atoms with Crippen LogP contribution in [0.5, 0.6) is 0 Å². The van der Waals surface area contributed by atoms with E-state index in [1.54, 1.807) is 13.8 Å². The summed E-state index contributed by atoms with van der Waals surface area (Å²) in [6.45, 7) is 5.34. The van der Waals surface area contributed by atoms with Crippen LogP contribution in [0, 0.1) is 11.8 Å². The third-order valence-corrected chi connectivity index (χ3v) is 8.33. The van der Waals surface area contributed by atoms with Gasteiger partial charge in [0.25, 0.3) is 0 Å². The lowest BCUT2D eigenvalue weighted by molar-refractivity contribution is -0.145. The highest BCUT2D eigenvalue weighted by molar-refractivity contribution is 7.80. The number of ether oxygens (including phenoxy) is 1. The Balaban J connectivity index is 1.80. The average Bonchev–Trinajstić information content (AvgIpc) is 3.41. The Labute approximate surface area is 252 Å². The molecule has 1 aromatic carbocycles. The minimum absolute atomic E-state index is 0.0270. The second-order valence-corrected chi connectivity index (χ2v) is 11.9. The Morgan fingerprint density at radius 1 is 1.02 bits per heavy atom. The summed E-state index contributed by atoms with van der Waals surface area (Å²) in [7, 11) is 0. The normalized spacial score (nSPS) is 21.3. The number of carbonyl (C=O) groups is 5. The number of thiol groups is 1. The van der Waals surface area contributed by atoms with Gasteiger partial charge in [-0.15, -0.1) is 0 Å². The molecule has 1 saturated heterocycles. The highest BCUT2D eigenvalue weighted by Crippen LogP contribution is 2.28. The fourth-order valence-corrected chi connectivity index (χ4v) is 5.92. The van der Waals surface area contributed by atoms with E-state index >= 15 is 0 Å². The van der Waals surface area contributed by atoms with E-state index in [0.717, 1.165) is 37.7 Å². The van der Waals surface area contributed by atoms with E-state index in [4.69, 9.17) is 4.74 Å². The van der Waals surface area contributed by atoms with Gasteiger partial charge in [-0.05, 0) is 30.2 Å². The Bertz CT molecular complexity index is 1100. The molecule has 1 heterocycles. The molecule has 1 aliphatic carbocycles. The summed E-state index contributed by atoms with van der Waals surface area (Å²) in [6.07, 6.45) is 4.32. The second-order valence-electron chi connectivity index (χ2n) is 11.5. The lowest BCUT2D eigenvalue weighted by Gasteiger charge is -2.34. The lowest BCUT2D eigenvalue weighted by Crippen LogP contribution is -2.60. The van der Waals surface area contributed by atoms with E-state index in [1.165, 1.54) is 11.8 Å². The first kappa shape index (κ1) is 33.4. The Morgan fingerprint density at radius 2 is 1.69 bits per heavy atom. The molecule has 0 radical (unpaired) electrons. The number of carboxylic acid groups (broad SMARTS) is 1. The second kappa shape index (κ2) is 15.9. The predicted octanol–water partition coefficient (Wildman–Crippen LogP) is 1.90. The molecule has 12 heteroatoms. The molecule has 0 spiro atoms. The molecule has 3 rings (SSSR count). The zero-order chi connectivity index (χ0) is 30.8. The Kier molecular flexibility index (Phi) is 12.7. The fourth-order valence-electron chi connectivity index (χ4n) is 5.67. The van der Waals surface area contributed by atoms with E-state index in [9.17, 15) is 29.1 Å². The molecule has 0 bridgehead atoms. The van der Waals surface area contributed by atoms with Crippen molar-refractivity contribution in [2.24, 2.45) is 11.8 Å². The van der Waals surface area contributed by atoms with Crippen molar-refractivity contribution in [1.82, 2.24) is 20.9 Å². The number of hydrogen-bond donors (Lipinski definition) is 5. The first-order valence-corrected chi connectivity index (χ1v) is 15.3. The van der Waals surface area contributed by atoms with Crippen LogP contribution in [0.4, 0.5) is 0 Å². The van der Waals surface area contributed by atoms with Gasteiger partial charge >= 0.3 is 5.97 Å². The minimum Gasteiger partial charge on any atom is -0.480 e. The third kappa shape index (κ3) is 9.19. The number of carbonyl (C=O) groups excluding carboxylic acids is 4. The van der Waals surface area contributed by atoms with E-state index in [-0.39, 0.29) is 43.1 Å². The van der Waals surface area contributed by atoms with Crippen LogP contribution in [-0.2, 0) is 35.3 Å². The SMILES string of the molecule is CC(=O)N[C@H](C(=O)N[C@H](C(=O)N1C[C@H](OCc2ccccc2)C[C@H]1C(=O)N[C@@H](CS)C(=O)O)C(C)C)C1CCCCC1. The molecular formula is C30H44N4O7S. The van der Waals surface area contributed by atoms with Crippen molar-refractivity contribution >= 4 is 42.2 Å². The lowest BCUT2D eigenvalue weighted by atomic mass is 9.83. The summed E-state index contributed by atoms with van der Waals surface area (Å²) < 4.78 is 6.07. The van der Waals surface area contributed by atoms with Crippen molar-refractivity contribution in [2.75, 3.05) is 12.3 Å². The number of carboxylic acids is 1. The quantitative estimate of drug-likeness (QED) is 0.216. The van der Waals surface area contributed by atoms with Gasteiger partial charge < -0.3 is 30.7 Å². The van der Waals surface area contributed by atoms with Crippen molar-refractivity contribution in [3.05, 3.63) is 35.9 Å². The summed E-state index contributed by atoms with van der Waals surface area (Å²) in [5.74, 6) is -3.54. The largest absolute Gasteiger partial charge is 0.480 e. The van der Waals surface area contributed by atoms with E-state index in [1.807, 2.05) is 30.3 Å². The molecule has 2 fully saturated rings. The summed E-state index contributed by atoms with van der Waals surface area (Å²) in [5, 5.41) is 17.6. The predicted molar refractivity (Wildman–Crippen MR) is 160 cm³/mol. The number of amides is 4. The first-order chi connectivity index (χ1) is 20.0. The number of benzene rings is 1. The summed E-state index contributed by atoms with van der Waals surface area (Å²) in [6, 6.07) is 5.54. The number of hydrogen-bond acceptors (Lipinski definition) is 7. The monoisotopic (exact) mass is 604 g/mol. The Morgan fingerprint density at radius 3 is 2.26 bits per heavy atom. The van der Waals surface area contributed by atoms with E-state index in [2.05, 4.69) is 28.6 Å². The van der Waals surface area contributed by atoms with Crippen LogP contribution >= 0.6 is 12.6 Å². The highest BCUT2D eigenvalue weighted by atomic mass is 32.1. The van der Waals surface area contributed by atoms with Gasteiger partial charge in [-0.3, -0.25) is 19.2 Å². The molecule has 4 N–H and O–H groups in total. The van der Waals surface area contributed by atoms with Gasteiger partial charge in [-0.2, -0.15) is 12.6 Å².